The number of nitrogens with one attached hydrogen (secondary N) is 1. The number of carbonyl (C=O) groups excluding carboxylic acids is 1. The Labute approximate surface area is 173 Å². The van der Waals surface area contributed by atoms with Crippen molar-refractivity contribution in [1.82, 2.24) is 9.62 Å². The highest BCUT2D eigenvalue weighted by Crippen LogP contribution is 2.21. The molecule has 3 rings (SSSR count). The molecule has 0 radical (unpaired) electrons. The Kier molecular flexibility index (Phi) is 6.59. The van der Waals surface area contributed by atoms with Crippen molar-refractivity contribution in [1.29, 1.82) is 0 Å². The van der Waals surface area contributed by atoms with Crippen molar-refractivity contribution in [3.05, 3.63) is 59.7 Å². The zero-order valence-electron chi connectivity index (χ0n) is 17.3. The minimum atomic E-state index is -3.56. The van der Waals surface area contributed by atoms with Gasteiger partial charge in [0.25, 0.3) is 5.91 Å². The lowest BCUT2D eigenvalue weighted by Crippen LogP contribution is -2.49. The summed E-state index contributed by atoms with van der Waals surface area (Å²) in [5, 5.41) is 0. The molecule has 7 heteroatoms. The molecule has 0 aromatic heterocycles. The van der Waals surface area contributed by atoms with Crippen LogP contribution in [0.15, 0.2) is 53.4 Å². The first kappa shape index (κ1) is 21.3. The molecule has 0 spiro atoms. The van der Waals surface area contributed by atoms with Crippen molar-refractivity contribution in [3.63, 3.8) is 0 Å². The average Bonchev–Trinajstić information content (AvgIpc) is 2.73. The Hall–Kier alpha value is -2.38. The van der Waals surface area contributed by atoms with Crippen LogP contribution >= 0.6 is 0 Å². The number of amides is 1. The molecule has 1 amide bonds. The molecular weight excluding hydrogens is 386 g/mol. The highest BCUT2D eigenvalue weighted by molar-refractivity contribution is 7.89. The first-order valence-corrected chi connectivity index (χ1v) is 11.5. The van der Waals surface area contributed by atoms with Crippen LogP contribution in [0.25, 0.3) is 0 Å². The van der Waals surface area contributed by atoms with Crippen LogP contribution in [0.3, 0.4) is 0 Å². The smallest absolute Gasteiger partial charge is 0.253 e. The van der Waals surface area contributed by atoms with Gasteiger partial charge in [0.2, 0.25) is 10.0 Å². The number of hydrogen-bond donors (Lipinski definition) is 1. The van der Waals surface area contributed by atoms with E-state index >= 15 is 0 Å². The third kappa shape index (κ3) is 4.97. The van der Waals surface area contributed by atoms with Crippen molar-refractivity contribution in [3.8, 4) is 0 Å². The number of nitrogens with zero attached hydrogens (tertiary/aromatic N) is 2. The number of benzene rings is 2. The van der Waals surface area contributed by atoms with Gasteiger partial charge in [0, 0.05) is 43.5 Å². The van der Waals surface area contributed by atoms with Gasteiger partial charge in [-0.15, -0.1) is 0 Å². The fourth-order valence-corrected chi connectivity index (χ4v) is 4.77. The third-order valence-corrected chi connectivity index (χ3v) is 7.01. The van der Waals surface area contributed by atoms with Gasteiger partial charge in [0.1, 0.15) is 0 Å². The predicted octanol–water partition coefficient (Wildman–Crippen LogP) is 3.03. The largest absolute Gasteiger partial charge is 0.368 e. The molecule has 0 saturated carbocycles. The molecule has 1 heterocycles. The maximum atomic E-state index is 12.8. The molecule has 2 aromatic rings. The summed E-state index contributed by atoms with van der Waals surface area (Å²) in [6.45, 7) is 8.69. The minimum Gasteiger partial charge on any atom is -0.368 e. The molecule has 1 fully saturated rings. The number of rotatable bonds is 6. The fourth-order valence-electron chi connectivity index (χ4n) is 3.44. The monoisotopic (exact) mass is 415 g/mol. The second-order valence-corrected chi connectivity index (χ2v) is 9.23. The zero-order valence-corrected chi connectivity index (χ0v) is 18.1. The molecule has 1 saturated heterocycles. The normalized spacial score (nSPS) is 16.0. The highest BCUT2D eigenvalue weighted by Gasteiger charge is 2.24. The number of para-hydroxylation sites is 1. The number of hydrogen-bond acceptors (Lipinski definition) is 4. The number of carbonyl (C=O) groups is 1. The van der Waals surface area contributed by atoms with Gasteiger partial charge in [0.15, 0.2) is 0 Å². The third-order valence-electron chi connectivity index (χ3n) is 5.40. The Morgan fingerprint density at radius 2 is 1.66 bits per heavy atom. The van der Waals surface area contributed by atoms with Crippen molar-refractivity contribution in [2.75, 3.05) is 31.1 Å². The molecule has 1 aliphatic rings. The number of aryl methyl sites for hydroxylation is 1. The molecule has 0 bridgehead atoms. The maximum absolute atomic E-state index is 12.8. The molecule has 1 atom stereocenters. The Morgan fingerprint density at radius 1 is 1.03 bits per heavy atom. The van der Waals surface area contributed by atoms with E-state index in [9.17, 15) is 13.2 Å². The van der Waals surface area contributed by atoms with Crippen LogP contribution in [0.2, 0.25) is 0 Å². The van der Waals surface area contributed by atoms with E-state index in [-0.39, 0.29) is 16.8 Å². The van der Waals surface area contributed by atoms with Crippen molar-refractivity contribution in [2.45, 2.75) is 38.1 Å². The van der Waals surface area contributed by atoms with E-state index in [4.69, 9.17) is 0 Å². The lowest BCUT2D eigenvalue weighted by Gasteiger charge is -2.36. The summed E-state index contributed by atoms with van der Waals surface area (Å²) in [5.41, 5.74) is 2.95. The van der Waals surface area contributed by atoms with E-state index in [0.717, 1.165) is 13.1 Å². The fraction of sp³-hybridized carbons (Fsp3) is 0.409. The summed E-state index contributed by atoms with van der Waals surface area (Å²) in [7, 11) is -3.56. The summed E-state index contributed by atoms with van der Waals surface area (Å²) in [5.74, 6) is -0.0618. The second-order valence-electron chi connectivity index (χ2n) is 7.52. The summed E-state index contributed by atoms with van der Waals surface area (Å²) in [4.78, 5) is 17.1. The van der Waals surface area contributed by atoms with Crippen LogP contribution in [0.4, 0.5) is 5.69 Å². The van der Waals surface area contributed by atoms with E-state index in [0.29, 0.717) is 25.1 Å². The summed E-state index contributed by atoms with van der Waals surface area (Å²) in [6.07, 6.45) is 0.713. The van der Waals surface area contributed by atoms with Crippen LogP contribution in [-0.2, 0) is 10.0 Å². The summed E-state index contributed by atoms with van der Waals surface area (Å²) >= 11 is 0. The van der Waals surface area contributed by atoms with Gasteiger partial charge in [0.05, 0.1) is 4.90 Å². The van der Waals surface area contributed by atoms with E-state index in [1.54, 1.807) is 12.1 Å². The first-order valence-electron chi connectivity index (χ1n) is 10.0. The molecule has 0 unspecified atom stereocenters. The van der Waals surface area contributed by atoms with E-state index < -0.39 is 10.0 Å². The van der Waals surface area contributed by atoms with Gasteiger partial charge in [-0.25, -0.2) is 13.1 Å². The Bertz CT molecular complexity index is 950. The molecule has 1 N–H and O–H groups in total. The molecule has 6 nitrogen and oxygen atoms in total. The number of anilines is 1. The molecule has 0 aliphatic carbocycles. The van der Waals surface area contributed by atoms with E-state index in [2.05, 4.69) is 28.7 Å². The summed E-state index contributed by atoms with van der Waals surface area (Å²) in [6, 6.07) is 14.3. The standard InChI is InChI=1S/C22H29N3O3S/c1-4-18(3)23-29(27,28)20-11-9-19(10-12-20)22(26)25-15-13-24(14-16-25)21-8-6-5-7-17(21)2/h5-12,18,23H,4,13-16H2,1-3H3/t18-/m1/s1. The van der Waals surface area contributed by atoms with E-state index in [1.807, 2.05) is 30.9 Å². The van der Waals surface area contributed by atoms with E-state index in [1.165, 1.54) is 23.4 Å². The minimum absolute atomic E-state index is 0.0618. The van der Waals surface area contributed by atoms with Gasteiger partial charge in [-0.1, -0.05) is 25.1 Å². The second kappa shape index (κ2) is 8.97. The lowest BCUT2D eigenvalue weighted by molar-refractivity contribution is 0.0746. The molecule has 2 aromatic carbocycles. The van der Waals surface area contributed by atoms with Crippen molar-refractivity contribution in [2.24, 2.45) is 0 Å². The molecule has 156 valence electrons. The molecule has 1 aliphatic heterocycles. The maximum Gasteiger partial charge on any atom is 0.253 e. The van der Waals surface area contributed by atoms with Crippen LogP contribution in [0.5, 0.6) is 0 Å². The average molecular weight is 416 g/mol. The van der Waals surface area contributed by atoms with Gasteiger partial charge >= 0.3 is 0 Å². The van der Waals surface area contributed by atoms with Crippen molar-refractivity contribution >= 4 is 21.6 Å². The van der Waals surface area contributed by atoms with Crippen LogP contribution < -0.4 is 9.62 Å². The Morgan fingerprint density at radius 3 is 2.24 bits per heavy atom. The van der Waals surface area contributed by atoms with Gasteiger partial charge in [-0.3, -0.25) is 4.79 Å². The van der Waals surface area contributed by atoms with Gasteiger partial charge < -0.3 is 9.80 Å². The molecule has 29 heavy (non-hydrogen) atoms. The highest BCUT2D eigenvalue weighted by atomic mass is 32.2. The van der Waals surface area contributed by atoms with Crippen LogP contribution in [-0.4, -0.2) is 51.4 Å². The van der Waals surface area contributed by atoms with Gasteiger partial charge in [-0.05, 0) is 56.2 Å². The Balaban J connectivity index is 1.64. The predicted molar refractivity (Wildman–Crippen MR) is 116 cm³/mol. The number of piperazine rings is 1. The zero-order chi connectivity index (χ0) is 21.0. The van der Waals surface area contributed by atoms with Crippen molar-refractivity contribution < 1.29 is 13.2 Å². The topological polar surface area (TPSA) is 69.7 Å². The van der Waals surface area contributed by atoms with Crippen LogP contribution in [0, 0.1) is 6.92 Å². The molecular formula is C22H29N3O3S. The first-order chi connectivity index (χ1) is 13.8. The number of sulfonamides is 1. The van der Waals surface area contributed by atoms with Crippen LogP contribution in [0.1, 0.15) is 36.2 Å². The SMILES string of the molecule is CC[C@@H](C)NS(=O)(=O)c1ccc(C(=O)N2CCN(c3ccccc3C)CC2)cc1. The summed E-state index contributed by atoms with van der Waals surface area (Å²) < 4.78 is 27.4. The quantitative estimate of drug-likeness (QED) is 0.787. The van der Waals surface area contributed by atoms with Gasteiger partial charge in [-0.2, -0.15) is 0 Å². The lowest BCUT2D eigenvalue weighted by atomic mass is 10.1.